The number of hydrazone groups is 1. The number of hydrogen-bond acceptors (Lipinski definition) is 6. The van der Waals surface area contributed by atoms with Crippen LogP contribution in [0.15, 0.2) is 52.7 Å². The van der Waals surface area contributed by atoms with Crippen molar-refractivity contribution in [1.29, 1.82) is 0 Å². The highest BCUT2D eigenvalue weighted by Gasteiger charge is 2.07. The number of phenolic OH excluding ortho intramolecular Hbond substituents is 1. The van der Waals surface area contributed by atoms with Gasteiger partial charge in [-0.25, -0.2) is 10.4 Å². The van der Waals surface area contributed by atoms with Crippen molar-refractivity contribution in [3.63, 3.8) is 0 Å². The van der Waals surface area contributed by atoms with E-state index >= 15 is 0 Å². The second-order valence-electron chi connectivity index (χ2n) is 5.04. The summed E-state index contributed by atoms with van der Waals surface area (Å²) in [6, 6.07) is 12.7. The number of nitrogens with one attached hydrogen (secondary N) is 2. The molecule has 2 aromatic carbocycles. The molecule has 1 amide bonds. The highest BCUT2D eigenvalue weighted by atomic mass is 32.2. The lowest BCUT2D eigenvalue weighted by molar-refractivity contribution is -0.118. The van der Waals surface area contributed by atoms with E-state index in [2.05, 4.69) is 20.5 Å². The van der Waals surface area contributed by atoms with E-state index in [1.807, 2.05) is 24.3 Å². The number of phenols is 1. The number of carbonyl (C=O) groups excluding carboxylic acids is 1. The largest absolute Gasteiger partial charge is 0.504 e. The summed E-state index contributed by atoms with van der Waals surface area (Å²) in [5, 5.41) is 14.5. The number of aromatic hydroxyl groups is 1. The van der Waals surface area contributed by atoms with Crippen LogP contribution in [0.25, 0.3) is 11.0 Å². The molecule has 0 spiro atoms. The molecule has 3 aromatic rings. The van der Waals surface area contributed by atoms with Gasteiger partial charge in [0.25, 0.3) is 5.91 Å². The van der Waals surface area contributed by atoms with Crippen molar-refractivity contribution in [2.24, 2.45) is 5.10 Å². The van der Waals surface area contributed by atoms with Gasteiger partial charge < -0.3 is 14.8 Å². The first-order chi connectivity index (χ1) is 12.2. The Bertz CT molecular complexity index is 890. The Morgan fingerprint density at radius 1 is 1.36 bits per heavy atom. The lowest BCUT2D eigenvalue weighted by Gasteiger charge is -2.04. The number of fused-ring (bicyclic) bond motifs is 1. The van der Waals surface area contributed by atoms with Gasteiger partial charge in [-0.2, -0.15) is 5.10 Å². The lowest BCUT2D eigenvalue weighted by atomic mass is 10.2. The normalized spacial score (nSPS) is 11.1. The molecule has 25 heavy (non-hydrogen) atoms. The van der Waals surface area contributed by atoms with Crippen LogP contribution in [0, 0.1) is 0 Å². The monoisotopic (exact) mass is 356 g/mol. The zero-order valence-corrected chi connectivity index (χ0v) is 14.2. The van der Waals surface area contributed by atoms with Crippen LogP contribution < -0.4 is 10.2 Å². The maximum atomic E-state index is 11.9. The summed E-state index contributed by atoms with van der Waals surface area (Å²) in [5.74, 6) is 0.209. The van der Waals surface area contributed by atoms with Crippen LogP contribution >= 0.6 is 11.8 Å². The van der Waals surface area contributed by atoms with Crippen molar-refractivity contribution in [2.45, 2.75) is 5.16 Å². The van der Waals surface area contributed by atoms with Gasteiger partial charge in [-0.15, -0.1) is 0 Å². The number of nitrogens with zero attached hydrogens (tertiary/aromatic N) is 2. The number of hydrogen-bond donors (Lipinski definition) is 3. The average molecular weight is 356 g/mol. The molecule has 7 nitrogen and oxygen atoms in total. The fourth-order valence-corrected chi connectivity index (χ4v) is 2.82. The Labute approximate surface area is 148 Å². The number of ether oxygens (including phenoxy) is 1. The molecule has 3 N–H and O–H groups in total. The van der Waals surface area contributed by atoms with Gasteiger partial charge in [0.15, 0.2) is 16.7 Å². The summed E-state index contributed by atoms with van der Waals surface area (Å²) in [5.41, 5.74) is 4.65. The molecule has 0 saturated carbocycles. The highest BCUT2D eigenvalue weighted by Crippen LogP contribution is 2.27. The van der Waals surface area contributed by atoms with Crippen molar-refractivity contribution in [3.05, 3.63) is 48.0 Å². The van der Waals surface area contributed by atoms with Crippen LogP contribution in [0.2, 0.25) is 0 Å². The predicted molar refractivity (Wildman–Crippen MR) is 97.2 cm³/mol. The van der Waals surface area contributed by atoms with E-state index in [1.54, 1.807) is 18.2 Å². The molecule has 0 aliphatic heterocycles. The van der Waals surface area contributed by atoms with Crippen molar-refractivity contribution in [2.75, 3.05) is 12.9 Å². The number of benzene rings is 2. The quantitative estimate of drug-likeness (QED) is 0.358. The minimum atomic E-state index is -0.274. The van der Waals surface area contributed by atoms with Crippen LogP contribution in [-0.2, 0) is 4.79 Å². The van der Waals surface area contributed by atoms with E-state index in [-0.39, 0.29) is 17.4 Å². The molecule has 128 valence electrons. The minimum absolute atomic E-state index is 0.0281. The Hall–Kier alpha value is -3.00. The number of thioether (sulfide) groups is 1. The Morgan fingerprint density at radius 2 is 2.20 bits per heavy atom. The maximum absolute atomic E-state index is 11.9. The van der Waals surface area contributed by atoms with Crippen LogP contribution in [0.1, 0.15) is 5.56 Å². The first kappa shape index (κ1) is 16.8. The third kappa shape index (κ3) is 4.10. The number of aromatic nitrogens is 2. The molecule has 1 aromatic heterocycles. The SMILES string of the molecule is COc1cccc(/C=N/NC(=O)CSc2nc3ccccc3[nH]2)c1O. The second kappa shape index (κ2) is 7.71. The molecular weight excluding hydrogens is 340 g/mol. The molecule has 1 heterocycles. The van der Waals surface area contributed by atoms with Gasteiger partial charge in [0.1, 0.15) is 0 Å². The van der Waals surface area contributed by atoms with E-state index in [0.717, 1.165) is 11.0 Å². The van der Waals surface area contributed by atoms with Gasteiger partial charge in [-0.05, 0) is 24.3 Å². The summed E-state index contributed by atoms with van der Waals surface area (Å²) >= 11 is 1.29. The summed E-state index contributed by atoms with van der Waals surface area (Å²) in [6.07, 6.45) is 1.36. The summed E-state index contributed by atoms with van der Waals surface area (Å²) in [4.78, 5) is 19.4. The molecule has 0 bridgehead atoms. The maximum Gasteiger partial charge on any atom is 0.250 e. The van der Waals surface area contributed by atoms with E-state index < -0.39 is 0 Å². The van der Waals surface area contributed by atoms with Gasteiger partial charge in [0, 0.05) is 5.56 Å². The van der Waals surface area contributed by atoms with Crippen LogP contribution in [0.5, 0.6) is 11.5 Å². The summed E-state index contributed by atoms with van der Waals surface area (Å²) < 4.78 is 5.01. The van der Waals surface area contributed by atoms with E-state index in [4.69, 9.17) is 4.74 Å². The van der Waals surface area contributed by atoms with Crippen molar-refractivity contribution in [3.8, 4) is 11.5 Å². The topological polar surface area (TPSA) is 99.6 Å². The number of amides is 1. The molecule has 8 heteroatoms. The second-order valence-corrected chi connectivity index (χ2v) is 6.00. The van der Waals surface area contributed by atoms with Gasteiger partial charge in [0.2, 0.25) is 0 Å². The third-order valence-electron chi connectivity index (χ3n) is 3.35. The van der Waals surface area contributed by atoms with Gasteiger partial charge >= 0.3 is 0 Å². The summed E-state index contributed by atoms with van der Waals surface area (Å²) in [7, 11) is 1.47. The molecular formula is C17H16N4O3S. The summed E-state index contributed by atoms with van der Waals surface area (Å²) in [6.45, 7) is 0. The number of para-hydroxylation sites is 3. The minimum Gasteiger partial charge on any atom is -0.504 e. The van der Waals surface area contributed by atoms with Crippen LogP contribution in [-0.4, -0.2) is 40.1 Å². The van der Waals surface area contributed by atoms with Crippen molar-refractivity contribution in [1.82, 2.24) is 15.4 Å². The molecule has 0 fully saturated rings. The van der Waals surface area contributed by atoms with E-state index in [9.17, 15) is 9.90 Å². The standard InChI is InChI=1S/C17H16N4O3S/c1-24-14-8-4-5-11(16(14)23)9-18-21-15(22)10-25-17-19-12-6-2-3-7-13(12)20-17/h2-9,23H,10H2,1H3,(H,19,20)(H,21,22)/b18-9+. The van der Waals surface area contributed by atoms with Crippen molar-refractivity contribution >= 4 is 34.9 Å². The first-order valence-electron chi connectivity index (χ1n) is 7.43. The van der Waals surface area contributed by atoms with Crippen LogP contribution in [0.4, 0.5) is 0 Å². The third-order valence-corrected chi connectivity index (χ3v) is 4.22. The highest BCUT2D eigenvalue weighted by molar-refractivity contribution is 7.99. The van der Waals surface area contributed by atoms with E-state index in [1.165, 1.54) is 25.1 Å². The molecule has 0 radical (unpaired) electrons. The molecule has 0 atom stereocenters. The number of H-pyrrole nitrogens is 1. The lowest BCUT2D eigenvalue weighted by Crippen LogP contribution is -2.19. The number of methoxy groups -OCH3 is 1. The van der Waals surface area contributed by atoms with E-state index in [0.29, 0.717) is 16.5 Å². The fraction of sp³-hybridized carbons (Fsp3) is 0.118. The average Bonchev–Trinajstić information content (AvgIpc) is 3.04. The zero-order chi connectivity index (χ0) is 17.6. The van der Waals surface area contributed by atoms with Crippen LogP contribution in [0.3, 0.4) is 0 Å². The Morgan fingerprint density at radius 3 is 3.00 bits per heavy atom. The first-order valence-corrected chi connectivity index (χ1v) is 8.41. The Balaban J connectivity index is 1.54. The molecule has 0 saturated heterocycles. The molecule has 3 rings (SSSR count). The predicted octanol–water partition coefficient (Wildman–Crippen LogP) is 2.52. The van der Waals surface area contributed by atoms with Gasteiger partial charge in [0.05, 0.1) is 30.1 Å². The van der Waals surface area contributed by atoms with Crippen molar-refractivity contribution < 1.29 is 14.6 Å². The number of aromatic amines is 1. The molecule has 0 aliphatic rings. The van der Waals surface area contributed by atoms with Gasteiger partial charge in [-0.3, -0.25) is 4.79 Å². The number of rotatable bonds is 6. The number of carbonyl (C=O) groups is 1. The molecule has 0 aliphatic carbocycles. The zero-order valence-electron chi connectivity index (χ0n) is 13.4. The number of imidazole rings is 1. The van der Waals surface area contributed by atoms with Gasteiger partial charge in [-0.1, -0.05) is 30.0 Å². The smallest absolute Gasteiger partial charge is 0.250 e. The molecule has 0 unspecified atom stereocenters. The Kier molecular flexibility index (Phi) is 5.20. The fourth-order valence-electron chi connectivity index (χ4n) is 2.15.